The number of H-pyrrole nitrogens is 1. The predicted octanol–water partition coefficient (Wildman–Crippen LogP) is 2.00. The van der Waals surface area contributed by atoms with Gasteiger partial charge in [0.1, 0.15) is 17.3 Å². The number of aromatic amines is 1. The predicted molar refractivity (Wildman–Crippen MR) is 57.0 cm³/mol. The monoisotopic (exact) mass is 220 g/mol. The first-order valence-corrected chi connectivity index (χ1v) is 4.97. The second-order valence-corrected chi connectivity index (χ2v) is 3.55. The largest absolute Gasteiger partial charge is 0.481 e. The van der Waals surface area contributed by atoms with E-state index in [1.807, 2.05) is 19.1 Å². The van der Waals surface area contributed by atoms with E-state index in [-0.39, 0.29) is 6.42 Å². The van der Waals surface area contributed by atoms with Crippen LogP contribution in [0.2, 0.25) is 0 Å². The number of carbonyl (C=O) groups is 1. The zero-order valence-corrected chi connectivity index (χ0v) is 8.86. The number of nitrogens with one attached hydrogen (secondary N) is 1. The SMILES string of the molecule is Cc1ccc(-c2cnc(CCC(=O)O)[nH]2)o1. The first-order valence-electron chi connectivity index (χ1n) is 4.97. The molecule has 2 heterocycles. The molecule has 5 nitrogen and oxygen atoms in total. The molecule has 16 heavy (non-hydrogen) atoms. The Morgan fingerprint density at radius 1 is 1.56 bits per heavy atom. The highest BCUT2D eigenvalue weighted by atomic mass is 16.4. The summed E-state index contributed by atoms with van der Waals surface area (Å²) in [6.45, 7) is 1.87. The minimum absolute atomic E-state index is 0.0735. The maximum atomic E-state index is 10.4. The van der Waals surface area contributed by atoms with Crippen LogP contribution in [0, 0.1) is 6.92 Å². The van der Waals surface area contributed by atoms with Gasteiger partial charge in [0, 0.05) is 6.42 Å². The van der Waals surface area contributed by atoms with E-state index in [4.69, 9.17) is 9.52 Å². The molecule has 0 fully saturated rings. The van der Waals surface area contributed by atoms with Crippen molar-refractivity contribution >= 4 is 5.97 Å². The van der Waals surface area contributed by atoms with Crippen molar-refractivity contribution in [3.8, 4) is 11.5 Å². The van der Waals surface area contributed by atoms with Gasteiger partial charge in [0.15, 0.2) is 5.76 Å². The zero-order chi connectivity index (χ0) is 11.5. The third-order valence-electron chi connectivity index (χ3n) is 2.21. The average Bonchev–Trinajstić information content (AvgIpc) is 2.83. The van der Waals surface area contributed by atoms with Gasteiger partial charge in [-0.3, -0.25) is 4.79 Å². The molecule has 2 aromatic heterocycles. The normalized spacial score (nSPS) is 10.6. The molecule has 0 aromatic carbocycles. The Kier molecular flexibility index (Phi) is 2.76. The molecule has 0 aliphatic rings. The Morgan fingerprint density at radius 3 is 3.00 bits per heavy atom. The quantitative estimate of drug-likeness (QED) is 0.825. The third-order valence-corrected chi connectivity index (χ3v) is 2.21. The van der Waals surface area contributed by atoms with Crippen LogP contribution in [0.15, 0.2) is 22.7 Å². The number of imidazole rings is 1. The number of hydrogen-bond donors (Lipinski definition) is 2. The van der Waals surface area contributed by atoms with E-state index in [1.165, 1.54) is 0 Å². The average molecular weight is 220 g/mol. The highest BCUT2D eigenvalue weighted by Crippen LogP contribution is 2.19. The van der Waals surface area contributed by atoms with Gasteiger partial charge in [-0.2, -0.15) is 0 Å². The lowest BCUT2D eigenvalue weighted by Crippen LogP contribution is -1.98. The van der Waals surface area contributed by atoms with Crippen molar-refractivity contribution < 1.29 is 14.3 Å². The summed E-state index contributed by atoms with van der Waals surface area (Å²) in [5, 5.41) is 8.54. The van der Waals surface area contributed by atoms with Crippen LogP contribution in [0.3, 0.4) is 0 Å². The number of aliphatic carboxylic acids is 1. The summed E-state index contributed by atoms with van der Waals surface area (Å²) >= 11 is 0. The molecular weight excluding hydrogens is 208 g/mol. The van der Waals surface area contributed by atoms with Gasteiger partial charge < -0.3 is 14.5 Å². The summed E-state index contributed by atoms with van der Waals surface area (Å²) < 4.78 is 5.42. The molecule has 0 aliphatic carbocycles. The highest BCUT2D eigenvalue weighted by Gasteiger charge is 2.07. The minimum atomic E-state index is -0.827. The second kappa shape index (κ2) is 4.22. The Hall–Kier alpha value is -2.04. The number of aromatic nitrogens is 2. The van der Waals surface area contributed by atoms with Gasteiger partial charge in [-0.15, -0.1) is 0 Å². The summed E-state index contributed by atoms with van der Waals surface area (Å²) in [7, 11) is 0. The van der Waals surface area contributed by atoms with Crippen molar-refractivity contribution in [2.75, 3.05) is 0 Å². The first kappa shape index (κ1) is 10.5. The molecule has 0 radical (unpaired) electrons. The maximum absolute atomic E-state index is 10.4. The van der Waals surface area contributed by atoms with Crippen LogP contribution in [0.4, 0.5) is 0 Å². The van der Waals surface area contributed by atoms with Crippen molar-refractivity contribution in [3.63, 3.8) is 0 Å². The molecule has 2 rings (SSSR count). The van der Waals surface area contributed by atoms with Gasteiger partial charge in [-0.1, -0.05) is 0 Å². The number of hydrogen-bond acceptors (Lipinski definition) is 3. The topological polar surface area (TPSA) is 79.1 Å². The van der Waals surface area contributed by atoms with Crippen molar-refractivity contribution in [1.82, 2.24) is 9.97 Å². The van der Waals surface area contributed by atoms with Gasteiger partial charge in [-0.05, 0) is 19.1 Å². The summed E-state index contributed by atoms with van der Waals surface area (Å²) in [6, 6.07) is 3.72. The van der Waals surface area contributed by atoms with Gasteiger partial charge >= 0.3 is 5.97 Å². The third kappa shape index (κ3) is 2.31. The lowest BCUT2D eigenvalue weighted by Gasteiger charge is -1.92. The van der Waals surface area contributed by atoms with E-state index in [9.17, 15) is 4.79 Å². The van der Waals surface area contributed by atoms with Gasteiger partial charge in [0.2, 0.25) is 0 Å². The van der Waals surface area contributed by atoms with Crippen LogP contribution < -0.4 is 0 Å². The fourth-order valence-corrected chi connectivity index (χ4v) is 1.42. The molecule has 0 aliphatic heterocycles. The fraction of sp³-hybridized carbons (Fsp3) is 0.273. The van der Waals surface area contributed by atoms with E-state index >= 15 is 0 Å². The Labute approximate surface area is 92.1 Å². The van der Waals surface area contributed by atoms with E-state index in [0.29, 0.717) is 18.0 Å². The fourth-order valence-electron chi connectivity index (χ4n) is 1.42. The van der Waals surface area contributed by atoms with Crippen molar-refractivity contribution in [2.45, 2.75) is 19.8 Å². The molecule has 0 saturated heterocycles. The first-order chi connectivity index (χ1) is 7.65. The summed E-state index contributed by atoms with van der Waals surface area (Å²) in [5.41, 5.74) is 0.772. The van der Waals surface area contributed by atoms with E-state index in [1.54, 1.807) is 6.20 Å². The lowest BCUT2D eigenvalue weighted by molar-refractivity contribution is -0.137. The van der Waals surface area contributed by atoms with E-state index in [0.717, 1.165) is 11.5 Å². The van der Waals surface area contributed by atoms with Crippen molar-refractivity contribution in [1.29, 1.82) is 0 Å². The molecular formula is C11H12N2O3. The van der Waals surface area contributed by atoms with Crippen molar-refractivity contribution in [2.24, 2.45) is 0 Å². The number of aryl methyl sites for hydroxylation is 2. The summed E-state index contributed by atoms with van der Waals surface area (Å²) in [4.78, 5) is 17.5. The van der Waals surface area contributed by atoms with Crippen LogP contribution in [-0.2, 0) is 11.2 Å². The molecule has 84 valence electrons. The summed E-state index contributed by atoms with van der Waals surface area (Å²) in [6.07, 6.45) is 2.12. The molecule has 0 unspecified atom stereocenters. The molecule has 0 bridgehead atoms. The standard InChI is InChI=1S/C11H12N2O3/c1-7-2-3-9(16-7)8-6-12-10(13-8)4-5-11(14)15/h2-3,6H,4-5H2,1H3,(H,12,13)(H,14,15). The number of furan rings is 1. The van der Waals surface area contributed by atoms with Crippen molar-refractivity contribution in [3.05, 3.63) is 29.9 Å². The minimum Gasteiger partial charge on any atom is -0.481 e. The Bertz CT molecular complexity index is 499. The molecule has 2 aromatic rings. The van der Waals surface area contributed by atoms with E-state index in [2.05, 4.69) is 9.97 Å². The number of nitrogens with zero attached hydrogens (tertiary/aromatic N) is 1. The Balaban J connectivity index is 2.10. The van der Waals surface area contributed by atoms with Crippen LogP contribution in [-0.4, -0.2) is 21.0 Å². The second-order valence-electron chi connectivity index (χ2n) is 3.55. The molecule has 0 spiro atoms. The molecule has 2 N–H and O–H groups in total. The Morgan fingerprint density at radius 2 is 2.38 bits per heavy atom. The zero-order valence-electron chi connectivity index (χ0n) is 8.86. The van der Waals surface area contributed by atoms with Crippen LogP contribution in [0.5, 0.6) is 0 Å². The van der Waals surface area contributed by atoms with Crippen LogP contribution in [0.25, 0.3) is 11.5 Å². The smallest absolute Gasteiger partial charge is 0.303 e. The number of carboxylic acid groups (broad SMARTS) is 1. The van der Waals surface area contributed by atoms with Gasteiger partial charge in [-0.25, -0.2) is 4.98 Å². The molecule has 5 heteroatoms. The highest BCUT2D eigenvalue weighted by molar-refractivity contribution is 5.66. The summed E-state index contributed by atoms with van der Waals surface area (Å²) in [5.74, 6) is 1.38. The van der Waals surface area contributed by atoms with Crippen LogP contribution >= 0.6 is 0 Å². The number of carboxylic acids is 1. The maximum Gasteiger partial charge on any atom is 0.303 e. The molecule has 0 saturated carbocycles. The number of rotatable bonds is 4. The lowest BCUT2D eigenvalue weighted by atomic mass is 10.3. The molecule has 0 amide bonds. The van der Waals surface area contributed by atoms with Gasteiger partial charge in [0.25, 0.3) is 0 Å². The van der Waals surface area contributed by atoms with Gasteiger partial charge in [0.05, 0.1) is 12.6 Å². The van der Waals surface area contributed by atoms with E-state index < -0.39 is 5.97 Å². The van der Waals surface area contributed by atoms with Crippen LogP contribution in [0.1, 0.15) is 18.0 Å². The molecule has 0 atom stereocenters.